The zero-order valence-electron chi connectivity index (χ0n) is 15.7. The van der Waals surface area contributed by atoms with E-state index in [-0.39, 0.29) is 18.1 Å². The van der Waals surface area contributed by atoms with Gasteiger partial charge in [0.2, 0.25) is 0 Å². The van der Waals surface area contributed by atoms with Crippen LogP contribution in [-0.4, -0.2) is 58.4 Å². The number of hydrogen-bond acceptors (Lipinski definition) is 5. The summed E-state index contributed by atoms with van der Waals surface area (Å²) in [5.41, 5.74) is -1.22. The highest BCUT2D eigenvalue weighted by atomic mass is 16.6. The lowest BCUT2D eigenvalue weighted by Crippen LogP contribution is -2.51. The molecule has 0 aliphatic carbocycles. The molecule has 2 saturated heterocycles. The summed E-state index contributed by atoms with van der Waals surface area (Å²) >= 11 is 0. The molecule has 6 nitrogen and oxygen atoms in total. The minimum absolute atomic E-state index is 0.0255. The molecule has 0 N–H and O–H groups in total. The summed E-state index contributed by atoms with van der Waals surface area (Å²) in [6.45, 7) is 16.6. The molecule has 0 saturated carbocycles. The van der Waals surface area contributed by atoms with Gasteiger partial charge in [0, 0.05) is 19.0 Å². The zero-order chi connectivity index (χ0) is 18.3. The van der Waals surface area contributed by atoms with E-state index in [1.54, 1.807) is 4.90 Å². The molecular formula is C18H30N2O4. The second kappa shape index (κ2) is 6.39. The van der Waals surface area contributed by atoms with Crippen molar-refractivity contribution in [3.05, 3.63) is 12.7 Å². The van der Waals surface area contributed by atoms with Crippen LogP contribution >= 0.6 is 0 Å². The van der Waals surface area contributed by atoms with Crippen molar-refractivity contribution in [3.63, 3.8) is 0 Å². The van der Waals surface area contributed by atoms with Crippen LogP contribution in [-0.2, 0) is 14.3 Å². The van der Waals surface area contributed by atoms with Crippen LogP contribution in [0.1, 0.15) is 48.0 Å². The molecule has 0 aromatic rings. The molecule has 0 bridgehead atoms. The Morgan fingerprint density at radius 2 is 1.58 bits per heavy atom. The smallest absolute Gasteiger partial charge is 0.412 e. The largest absolute Gasteiger partial charge is 0.458 e. The Labute approximate surface area is 144 Å². The summed E-state index contributed by atoms with van der Waals surface area (Å²) in [7, 11) is 0. The molecule has 0 aromatic carbocycles. The van der Waals surface area contributed by atoms with Gasteiger partial charge in [-0.2, -0.15) is 0 Å². The summed E-state index contributed by atoms with van der Waals surface area (Å²) in [5, 5.41) is 0. The maximum atomic E-state index is 12.8. The van der Waals surface area contributed by atoms with Crippen molar-refractivity contribution in [2.75, 3.05) is 13.1 Å². The zero-order valence-corrected chi connectivity index (χ0v) is 15.7. The van der Waals surface area contributed by atoms with Crippen molar-refractivity contribution in [3.8, 4) is 0 Å². The summed E-state index contributed by atoms with van der Waals surface area (Å²) in [6, 6.07) is -0.646. The van der Waals surface area contributed by atoms with Crippen LogP contribution in [0.2, 0.25) is 0 Å². The van der Waals surface area contributed by atoms with Gasteiger partial charge in [0.05, 0.1) is 6.17 Å². The number of carbonyl (C=O) groups excluding carboxylic acids is 2. The third-order valence-electron chi connectivity index (χ3n) is 3.94. The fourth-order valence-corrected chi connectivity index (χ4v) is 3.00. The first-order chi connectivity index (χ1) is 10.9. The molecule has 2 fully saturated rings. The number of amides is 1. The van der Waals surface area contributed by atoms with Crippen molar-refractivity contribution in [2.24, 2.45) is 5.92 Å². The molecule has 2 rings (SSSR count). The van der Waals surface area contributed by atoms with E-state index in [1.807, 2.05) is 47.6 Å². The van der Waals surface area contributed by atoms with Crippen molar-refractivity contribution in [1.29, 1.82) is 0 Å². The van der Waals surface area contributed by atoms with Gasteiger partial charge in [-0.3, -0.25) is 9.80 Å². The first-order valence-electron chi connectivity index (χ1n) is 8.54. The Hall–Kier alpha value is -1.56. The Bertz CT molecular complexity index is 514. The predicted octanol–water partition coefficient (Wildman–Crippen LogP) is 2.78. The molecule has 2 heterocycles. The predicted molar refractivity (Wildman–Crippen MR) is 91.4 cm³/mol. The number of likely N-dealkylation sites (tertiary alicyclic amines) is 1. The van der Waals surface area contributed by atoms with Crippen LogP contribution < -0.4 is 0 Å². The molecule has 6 heteroatoms. The molecular weight excluding hydrogens is 308 g/mol. The monoisotopic (exact) mass is 338 g/mol. The molecule has 136 valence electrons. The van der Waals surface area contributed by atoms with E-state index in [2.05, 4.69) is 11.5 Å². The van der Waals surface area contributed by atoms with Crippen LogP contribution in [0.4, 0.5) is 4.79 Å². The Balaban J connectivity index is 2.27. The Kier molecular flexibility index (Phi) is 5.00. The first-order valence-corrected chi connectivity index (χ1v) is 8.54. The molecule has 0 spiro atoms. The van der Waals surface area contributed by atoms with E-state index in [1.165, 1.54) is 0 Å². The molecule has 2 aliphatic rings. The van der Waals surface area contributed by atoms with Gasteiger partial charge >= 0.3 is 12.1 Å². The van der Waals surface area contributed by atoms with Gasteiger partial charge in [0.25, 0.3) is 0 Å². The molecule has 0 aromatic heterocycles. The van der Waals surface area contributed by atoms with Gasteiger partial charge in [-0.15, -0.1) is 6.58 Å². The van der Waals surface area contributed by atoms with Crippen LogP contribution in [0.5, 0.6) is 0 Å². The average Bonchev–Trinajstić information content (AvgIpc) is 3.13. The summed E-state index contributed by atoms with van der Waals surface area (Å²) in [5.74, 6) is -0.359. The third-order valence-corrected chi connectivity index (χ3v) is 3.94. The van der Waals surface area contributed by atoms with Crippen molar-refractivity contribution in [1.82, 2.24) is 9.80 Å². The summed E-state index contributed by atoms with van der Waals surface area (Å²) < 4.78 is 11.1. The summed E-state index contributed by atoms with van der Waals surface area (Å²) in [4.78, 5) is 29.2. The first kappa shape index (κ1) is 18.8. The van der Waals surface area contributed by atoms with Crippen LogP contribution in [0.3, 0.4) is 0 Å². The van der Waals surface area contributed by atoms with Gasteiger partial charge in [-0.1, -0.05) is 6.08 Å². The third kappa shape index (κ3) is 4.50. The minimum Gasteiger partial charge on any atom is -0.458 e. The lowest BCUT2D eigenvalue weighted by Gasteiger charge is -2.34. The maximum absolute atomic E-state index is 12.8. The van der Waals surface area contributed by atoms with Crippen LogP contribution in [0.15, 0.2) is 12.7 Å². The fraction of sp³-hybridized carbons (Fsp3) is 0.778. The molecule has 24 heavy (non-hydrogen) atoms. The van der Waals surface area contributed by atoms with Crippen LogP contribution in [0, 0.1) is 5.92 Å². The quantitative estimate of drug-likeness (QED) is 0.450. The van der Waals surface area contributed by atoms with Gasteiger partial charge in [-0.05, 0) is 48.0 Å². The summed E-state index contributed by atoms with van der Waals surface area (Å²) in [6.07, 6.45) is 1.68. The van der Waals surface area contributed by atoms with Gasteiger partial charge < -0.3 is 9.47 Å². The standard InChI is InChI=1S/C18H30N2O4/c1-8-12-11-13(15(21)23-17(2,3)4)20(14(12)19-9-10-19)16(22)24-18(5,6)7/h8,12-14H,1,9-11H2,2-7H3/t12-,13+,14+/m1/s1. The highest BCUT2D eigenvalue weighted by Gasteiger charge is 2.52. The lowest BCUT2D eigenvalue weighted by atomic mass is 10.0. The second-order valence-electron chi connectivity index (χ2n) is 8.52. The SMILES string of the molecule is C=C[C@@H]1C[C@@H](C(=O)OC(C)(C)C)N(C(=O)OC(C)(C)C)[C@@H]1N1CC1. The van der Waals surface area contributed by atoms with E-state index in [0.29, 0.717) is 6.42 Å². The van der Waals surface area contributed by atoms with Crippen molar-refractivity contribution < 1.29 is 19.1 Å². The van der Waals surface area contributed by atoms with Gasteiger partial charge in [0.15, 0.2) is 0 Å². The number of nitrogens with zero attached hydrogens (tertiary/aromatic N) is 2. The van der Waals surface area contributed by atoms with Crippen LogP contribution in [0.25, 0.3) is 0 Å². The number of esters is 1. The Morgan fingerprint density at radius 3 is 2.00 bits per heavy atom. The average molecular weight is 338 g/mol. The van der Waals surface area contributed by atoms with Gasteiger partial charge in [0.1, 0.15) is 17.2 Å². The van der Waals surface area contributed by atoms with Gasteiger partial charge in [-0.25, -0.2) is 9.59 Å². The molecule has 0 radical (unpaired) electrons. The molecule has 0 unspecified atom stereocenters. The minimum atomic E-state index is -0.646. The topological polar surface area (TPSA) is 58.9 Å². The van der Waals surface area contributed by atoms with E-state index in [0.717, 1.165) is 13.1 Å². The van der Waals surface area contributed by atoms with E-state index < -0.39 is 23.3 Å². The number of hydrogen-bond donors (Lipinski definition) is 0. The number of carbonyl (C=O) groups is 2. The maximum Gasteiger partial charge on any atom is 0.412 e. The van der Waals surface area contributed by atoms with Crippen molar-refractivity contribution >= 4 is 12.1 Å². The number of rotatable bonds is 3. The van der Waals surface area contributed by atoms with E-state index in [9.17, 15) is 9.59 Å². The fourth-order valence-electron chi connectivity index (χ4n) is 3.00. The highest BCUT2D eigenvalue weighted by Crippen LogP contribution is 2.37. The normalized spacial score (nSPS) is 27.8. The molecule has 2 aliphatic heterocycles. The highest BCUT2D eigenvalue weighted by molar-refractivity contribution is 5.83. The Morgan fingerprint density at radius 1 is 1.04 bits per heavy atom. The van der Waals surface area contributed by atoms with Crippen molar-refractivity contribution in [2.45, 2.75) is 71.4 Å². The second-order valence-corrected chi connectivity index (χ2v) is 8.52. The lowest BCUT2D eigenvalue weighted by molar-refractivity contribution is -0.161. The molecule has 1 amide bonds. The van der Waals surface area contributed by atoms with E-state index in [4.69, 9.17) is 9.47 Å². The molecule has 3 atom stereocenters. The number of ether oxygens (including phenoxy) is 2. The van der Waals surface area contributed by atoms with E-state index >= 15 is 0 Å².